The Labute approximate surface area is 96.2 Å². The molecule has 2 N–H and O–H groups in total. The van der Waals surface area contributed by atoms with Gasteiger partial charge in [-0.15, -0.1) is 10.2 Å². The van der Waals surface area contributed by atoms with Crippen LogP contribution >= 0.6 is 0 Å². The molecule has 1 aromatic carbocycles. The number of benzene rings is 1. The Kier molecular flexibility index (Phi) is 3.08. The molecule has 0 spiro atoms. The van der Waals surface area contributed by atoms with Crippen LogP contribution in [0.2, 0.25) is 0 Å². The average molecular weight is 235 g/mol. The number of nitrogens with one attached hydrogen (secondary N) is 2. The molecule has 0 unspecified atom stereocenters. The van der Waals surface area contributed by atoms with E-state index in [2.05, 4.69) is 25.9 Å². The summed E-state index contributed by atoms with van der Waals surface area (Å²) in [5.41, 5.74) is 0.824. The molecule has 1 aromatic heterocycles. The highest BCUT2D eigenvalue weighted by Gasteiger charge is 2.08. The Morgan fingerprint density at radius 3 is 3.00 bits per heavy atom. The van der Waals surface area contributed by atoms with E-state index < -0.39 is 0 Å². The molecule has 2 aromatic rings. The second kappa shape index (κ2) is 4.69. The molecule has 0 aliphatic carbocycles. The molecule has 0 saturated heterocycles. The van der Waals surface area contributed by atoms with E-state index in [0.717, 1.165) is 0 Å². The van der Waals surface area contributed by atoms with Crippen LogP contribution in [0.25, 0.3) is 0 Å². The van der Waals surface area contributed by atoms with Crippen LogP contribution in [0.4, 0.5) is 4.39 Å². The second-order valence-corrected chi connectivity index (χ2v) is 3.47. The maximum absolute atomic E-state index is 13.0. The summed E-state index contributed by atoms with van der Waals surface area (Å²) in [5, 5.41) is 15.6. The average Bonchev–Trinajstić information content (AvgIpc) is 2.82. The standard InChI is InChI=1S/C10H10FN5O/c1-6-4-7(2-3-8(6)11)10(17)12-5-9-13-15-16-14-9/h2-4H,5H2,1H3,(H,12,17)(H,13,14,15,16). The number of carbonyl (C=O) groups is 1. The van der Waals surface area contributed by atoms with Gasteiger partial charge in [0.2, 0.25) is 0 Å². The molecule has 0 atom stereocenters. The molecule has 0 aliphatic rings. The molecule has 88 valence electrons. The molecule has 0 aliphatic heterocycles. The summed E-state index contributed by atoms with van der Waals surface area (Å²) in [4.78, 5) is 11.7. The zero-order valence-corrected chi connectivity index (χ0v) is 9.07. The number of aromatic nitrogens is 4. The fourth-order valence-electron chi connectivity index (χ4n) is 1.30. The van der Waals surface area contributed by atoms with Crippen molar-refractivity contribution < 1.29 is 9.18 Å². The van der Waals surface area contributed by atoms with Gasteiger partial charge in [0.25, 0.3) is 5.91 Å². The van der Waals surface area contributed by atoms with Crippen LogP contribution in [0, 0.1) is 12.7 Å². The lowest BCUT2D eigenvalue weighted by Gasteiger charge is -2.03. The maximum Gasteiger partial charge on any atom is 0.251 e. The van der Waals surface area contributed by atoms with Crippen molar-refractivity contribution in [1.29, 1.82) is 0 Å². The van der Waals surface area contributed by atoms with E-state index in [4.69, 9.17) is 0 Å². The molecule has 2 rings (SSSR count). The molecular weight excluding hydrogens is 225 g/mol. The van der Waals surface area contributed by atoms with Crippen molar-refractivity contribution in [3.05, 3.63) is 41.0 Å². The second-order valence-electron chi connectivity index (χ2n) is 3.47. The lowest BCUT2D eigenvalue weighted by atomic mass is 10.1. The third-order valence-corrected chi connectivity index (χ3v) is 2.22. The highest BCUT2D eigenvalue weighted by atomic mass is 19.1. The summed E-state index contributed by atoms with van der Waals surface area (Å²) in [6, 6.07) is 4.17. The fourth-order valence-corrected chi connectivity index (χ4v) is 1.30. The Balaban J connectivity index is 2.02. The van der Waals surface area contributed by atoms with Gasteiger partial charge in [-0.05, 0) is 30.7 Å². The lowest BCUT2D eigenvalue weighted by Crippen LogP contribution is -2.23. The third kappa shape index (κ3) is 2.63. The van der Waals surface area contributed by atoms with Gasteiger partial charge in [0.15, 0.2) is 5.82 Å². The zero-order valence-electron chi connectivity index (χ0n) is 9.07. The molecule has 17 heavy (non-hydrogen) atoms. The van der Waals surface area contributed by atoms with Crippen LogP contribution < -0.4 is 5.32 Å². The van der Waals surface area contributed by atoms with Crippen molar-refractivity contribution in [2.24, 2.45) is 0 Å². The van der Waals surface area contributed by atoms with Gasteiger partial charge in [0, 0.05) is 5.56 Å². The van der Waals surface area contributed by atoms with E-state index in [9.17, 15) is 9.18 Å². The van der Waals surface area contributed by atoms with Crippen LogP contribution in [0.5, 0.6) is 0 Å². The van der Waals surface area contributed by atoms with Crippen molar-refractivity contribution in [1.82, 2.24) is 25.9 Å². The predicted molar refractivity (Wildman–Crippen MR) is 56.5 cm³/mol. The van der Waals surface area contributed by atoms with E-state index in [1.807, 2.05) is 0 Å². The van der Waals surface area contributed by atoms with Gasteiger partial charge in [-0.1, -0.05) is 5.21 Å². The minimum absolute atomic E-state index is 0.172. The minimum Gasteiger partial charge on any atom is -0.345 e. The predicted octanol–water partition coefficient (Wildman–Crippen LogP) is 0.577. The van der Waals surface area contributed by atoms with E-state index in [-0.39, 0.29) is 18.3 Å². The number of aromatic amines is 1. The number of halogens is 1. The Hall–Kier alpha value is -2.31. The fraction of sp³-hybridized carbons (Fsp3) is 0.200. The molecule has 0 radical (unpaired) electrons. The van der Waals surface area contributed by atoms with Crippen LogP contribution in [0.15, 0.2) is 18.2 Å². The van der Waals surface area contributed by atoms with E-state index >= 15 is 0 Å². The number of H-pyrrole nitrogens is 1. The monoisotopic (exact) mass is 235 g/mol. The molecule has 1 amide bonds. The van der Waals surface area contributed by atoms with E-state index in [1.54, 1.807) is 6.92 Å². The number of hydrogen-bond acceptors (Lipinski definition) is 4. The van der Waals surface area contributed by atoms with Crippen molar-refractivity contribution in [3.63, 3.8) is 0 Å². The van der Waals surface area contributed by atoms with Gasteiger partial charge >= 0.3 is 0 Å². The van der Waals surface area contributed by atoms with Crippen molar-refractivity contribution in [2.75, 3.05) is 0 Å². The van der Waals surface area contributed by atoms with Crippen LogP contribution in [0.1, 0.15) is 21.7 Å². The van der Waals surface area contributed by atoms with Gasteiger partial charge in [0.1, 0.15) is 5.82 Å². The molecule has 0 saturated carbocycles. The van der Waals surface area contributed by atoms with Crippen LogP contribution in [0.3, 0.4) is 0 Å². The number of hydrogen-bond donors (Lipinski definition) is 2. The number of amides is 1. The lowest BCUT2D eigenvalue weighted by molar-refractivity contribution is 0.0949. The third-order valence-electron chi connectivity index (χ3n) is 2.22. The highest BCUT2D eigenvalue weighted by molar-refractivity contribution is 5.94. The first-order chi connectivity index (χ1) is 8.16. The van der Waals surface area contributed by atoms with Gasteiger partial charge in [-0.25, -0.2) is 4.39 Å². The first-order valence-corrected chi connectivity index (χ1v) is 4.93. The Bertz CT molecular complexity index is 525. The van der Waals surface area contributed by atoms with Crippen molar-refractivity contribution >= 4 is 5.91 Å². The highest BCUT2D eigenvalue weighted by Crippen LogP contribution is 2.09. The Morgan fingerprint density at radius 1 is 1.53 bits per heavy atom. The van der Waals surface area contributed by atoms with Crippen LogP contribution in [-0.4, -0.2) is 26.5 Å². The Morgan fingerprint density at radius 2 is 2.35 bits per heavy atom. The summed E-state index contributed by atoms with van der Waals surface area (Å²) in [5.74, 6) is -0.255. The smallest absolute Gasteiger partial charge is 0.251 e. The number of nitrogens with zero attached hydrogens (tertiary/aromatic N) is 3. The van der Waals surface area contributed by atoms with Crippen molar-refractivity contribution in [3.8, 4) is 0 Å². The number of rotatable bonds is 3. The number of tetrazole rings is 1. The van der Waals surface area contributed by atoms with E-state index in [0.29, 0.717) is 17.0 Å². The summed E-state index contributed by atoms with van der Waals surface area (Å²) in [7, 11) is 0. The molecular formula is C10H10FN5O. The summed E-state index contributed by atoms with van der Waals surface area (Å²) in [6.45, 7) is 1.77. The SMILES string of the molecule is Cc1cc(C(=O)NCc2nn[nH]n2)ccc1F. The largest absolute Gasteiger partial charge is 0.345 e. The minimum atomic E-state index is -0.334. The quantitative estimate of drug-likeness (QED) is 0.815. The normalized spacial score (nSPS) is 10.2. The molecule has 7 heteroatoms. The van der Waals surface area contributed by atoms with Gasteiger partial charge < -0.3 is 5.32 Å². The molecule has 0 fully saturated rings. The van der Waals surface area contributed by atoms with E-state index in [1.165, 1.54) is 18.2 Å². The van der Waals surface area contributed by atoms with Gasteiger partial charge in [-0.3, -0.25) is 4.79 Å². The summed E-state index contributed by atoms with van der Waals surface area (Å²) < 4.78 is 13.0. The zero-order chi connectivity index (χ0) is 12.3. The first-order valence-electron chi connectivity index (χ1n) is 4.93. The topological polar surface area (TPSA) is 83.6 Å². The summed E-state index contributed by atoms with van der Waals surface area (Å²) >= 11 is 0. The molecule has 1 heterocycles. The van der Waals surface area contributed by atoms with Gasteiger partial charge in [0.05, 0.1) is 6.54 Å². The number of aryl methyl sites for hydroxylation is 1. The maximum atomic E-state index is 13.0. The number of carbonyl (C=O) groups excluding carboxylic acids is 1. The van der Waals surface area contributed by atoms with Gasteiger partial charge in [-0.2, -0.15) is 5.21 Å². The summed E-state index contributed by atoms with van der Waals surface area (Å²) in [6.07, 6.45) is 0. The molecule has 0 bridgehead atoms. The first kappa shape index (κ1) is 11.2. The van der Waals surface area contributed by atoms with Crippen LogP contribution in [-0.2, 0) is 6.54 Å². The van der Waals surface area contributed by atoms with Crippen molar-refractivity contribution in [2.45, 2.75) is 13.5 Å². The molecule has 6 nitrogen and oxygen atoms in total.